The van der Waals surface area contributed by atoms with Gasteiger partial charge in [0.25, 0.3) is 0 Å². The van der Waals surface area contributed by atoms with Crippen LogP contribution in [0.4, 0.5) is 0 Å². The van der Waals surface area contributed by atoms with Gasteiger partial charge < -0.3 is 15.4 Å². The van der Waals surface area contributed by atoms with Crippen LogP contribution in [0, 0.1) is 0 Å². The molecular weight excluding hydrogens is 389 g/mol. The third-order valence-corrected chi connectivity index (χ3v) is 2.65. The standard InChI is InChI=1S/C14H20ClN3O.HI/c1-4-8-17-14(16-3)18-10-11-6-7-12(15)9-13(11)19-5-2;/h4,6-7,9H,1,5,8,10H2,2-3H3,(H2,16,17,18);1H. The lowest BCUT2D eigenvalue weighted by atomic mass is 10.2. The first-order chi connectivity index (χ1) is 9.21. The molecule has 0 aromatic heterocycles. The van der Waals surface area contributed by atoms with Gasteiger partial charge in [-0.2, -0.15) is 0 Å². The highest BCUT2D eigenvalue weighted by molar-refractivity contribution is 14.0. The van der Waals surface area contributed by atoms with Gasteiger partial charge in [0.05, 0.1) is 6.61 Å². The third kappa shape index (κ3) is 6.47. The van der Waals surface area contributed by atoms with E-state index in [0.29, 0.717) is 24.7 Å². The molecule has 0 atom stereocenters. The first-order valence-corrected chi connectivity index (χ1v) is 6.55. The molecule has 4 nitrogen and oxygen atoms in total. The lowest BCUT2D eigenvalue weighted by Gasteiger charge is -2.14. The number of ether oxygens (including phenoxy) is 1. The minimum absolute atomic E-state index is 0. The fraction of sp³-hybridized carbons (Fsp3) is 0.357. The van der Waals surface area contributed by atoms with E-state index in [4.69, 9.17) is 16.3 Å². The molecule has 2 N–H and O–H groups in total. The largest absolute Gasteiger partial charge is 0.493 e. The molecule has 0 saturated heterocycles. The van der Waals surface area contributed by atoms with Crippen LogP contribution >= 0.6 is 35.6 Å². The minimum atomic E-state index is 0. The van der Waals surface area contributed by atoms with E-state index in [0.717, 1.165) is 17.3 Å². The van der Waals surface area contributed by atoms with E-state index in [2.05, 4.69) is 22.2 Å². The van der Waals surface area contributed by atoms with Crippen molar-refractivity contribution < 1.29 is 4.74 Å². The summed E-state index contributed by atoms with van der Waals surface area (Å²) in [7, 11) is 1.73. The summed E-state index contributed by atoms with van der Waals surface area (Å²) >= 11 is 5.96. The molecule has 1 aromatic rings. The van der Waals surface area contributed by atoms with Crippen LogP contribution in [0.2, 0.25) is 5.02 Å². The third-order valence-electron chi connectivity index (χ3n) is 2.41. The molecule has 0 amide bonds. The Morgan fingerprint density at radius 1 is 1.45 bits per heavy atom. The average molecular weight is 410 g/mol. The molecule has 0 aliphatic carbocycles. The van der Waals surface area contributed by atoms with Gasteiger partial charge in [-0.15, -0.1) is 30.6 Å². The predicted molar refractivity (Wildman–Crippen MR) is 96.4 cm³/mol. The Hall–Kier alpha value is -0.950. The number of guanidine groups is 1. The highest BCUT2D eigenvalue weighted by Gasteiger charge is 2.05. The molecule has 0 aliphatic rings. The predicted octanol–water partition coefficient (Wildman–Crippen LogP) is 3.21. The van der Waals surface area contributed by atoms with Gasteiger partial charge in [-0.25, -0.2) is 0 Å². The van der Waals surface area contributed by atoms with Gasteiger partial charge in [-0.3, -0.25) is 4.99 Å². The number of hydrogen-bond donors (Lipinski definition) is 2. The van der Waals surface area contributed by atoms with Crippen LogP contribution in [0.25, 0.3) is 0 Å². The molecule has 1 rings (SSSR count). The molecule has 0 aliphatic heterocycles. The fourth-order valence-corrected chi connectivity index (χ4v) is 1.69. The number of nitrogens with one attached hydrogen (secondary N) is 2. The Labute approximate surface area is 142 Å². The number of hydrogen-bond acceptors (Lipinski definition) is 2. The number of halogens is 2. The van der Waals surface area contributed by atoms with E-state index in [9.17, 15) is 0 Å². The van der Waals surface area contributed by atoms with Gasteiger partial charge >= 0.3 is 0 Å². The molecule has 0 fully saturated rings. The number of aliphatic imine (C=N–C) groups is 1. The van der Waals surface area contributed by atoms with Crippen LogP contribution in [0.3, 0.4) is 0 Å². The van der Waals surface area contributed by atoms with Crippen molar-refractivity contribution in [2.75, 3.05) is 20.2 Å². The second-order valence-corrected chi connectivity index (χ2v) is 4.22. The first-order valence-electron chi connectivity index (χ1n) is 6.17. The Kier molecular flexibility index (Phi) is 10.3. The molecule has 20 heavy (non-hydrogen) atoms. The van der Waals surface area contributed by atoms with Gasteiger partial charge in [0.15, 0.2) is 5.96 Å². The smallest absolute Gasteiger partial charge is 0.191 e. The molecule has 0 heterocycles. The molecule has 0 bridgehead atoms. The highest BCUT2D eigenvalue weighted by atomic mass is 127. The van der Waals surface area contributed by atoms with Crippen molar-refractivity contribution in [3.05, 3.63) is 41.4 Å². The summed E-state index contributed by atoms with van der Waals surface area (Å²) in [6.45, 7) is 7.49. The van der Waals surface area contributed by atoms with Crippen molar-refractivity contribution in [1.29, 1.82) is 0 Å². The lowest BCUT2D eigenvalue weighted by molar-refractivity contribution is 0.336. The van der Waals surface area contributed by atoms with Crippen molar-refractivity contribution in [3.63, 3.8) is 0 Å². The van der Waals surface area contributed by atoms with Crippen LogP contribution in [-0.2, 0) is 6.54 Å². The number of benzene rings is 1. The SMILES string of the molecule is C=CCNC(=NC)NCc1ccc(Cl)cc1OCC.I. The minimum Gasteiger partial charge on any atom is -0.493 e. The van der Waals surface area contributed by atoms with E-state index >= 15 is 0 Å². The molecule has 1 aromatic carbocycles. The lowest BCUT2D eigenvalue weighted by Crippen LogP contribution is -2.36. The highest BCUT2D eigenvalue weighted by Crippen LogP contribution is 2.23. The van der Waals surface area contributed by atoms with Crippen LogP contribution in [0.15, 0.2) is 35.8 Å². The van der Waals surface area contributed by atoms with Gasteiger partial charge in [0.1, 0.15) is 5.75 Å². The zero-order chi connectivity index (χ0) is 14.1. The Morgan fingerprint density at radius 2 is 2.20 bits per heavy atom. The Balaban J connectivity index is 0.00000361. The van der Waals surface area contributed by atoms with E-state index in [-0.39, 0.29) is 24.0 Å². The summed E-state index contributed by atoms with van der Waals surface area (Å²) in [4.78, 5) is 4.11. The van der Waals surface area contributed by atoms with Gasteiger partial charge in [-0.05, 0) is 19.1 Å². The molecular formula is C14H21ClIN3O. The Bertz CT molecular complexity index is 452. The second-order valence-electron chi connectivity index (χ2n) is 3.78. The van der Waals surface area contributed by atoms with Crippen molar-refractivity contribution in [3.8, 4) is 5.75 Å². The summed E-state index contributed by atoms with van der Waals surface area (Å²) in [5.41, 5.74) is 1.04. The first kappa shape index (κ1) is 19.1. The molecule has 112 valence electrons. The average Bonchev–Trinajstić information content (AvgIpc) is 2.41. The maximum absolute atomic E-state index is 5.96. The van der Waals surface area contributed by atoms with Gasteiger partial charge in [-0.1, -0.05) is 23.7 Å². The number of nitrogens with zero attached hydrogens (tertiary/aromatic N) is 1. The van der Waals surface area contributed by atoms with Gasteiger partial charge in [0.2, 0.25) is 0 Å². The normalized spacial score (nSPS) is 10.4. The maximum Gasteiger partial charge on any atom is 0.191 e. The zero-order valence-electron chi connectivity index (χ0n) is 11.8. The Morgan fingerprint density at radius 3 is 2.80 bits per heavy atom. The van der Waals surface area contributed by atoms with Gasteiger partial charge in [0, 0.05) is 30.7 Å². The van der Waals surface area contributed by atoms with E-state index in [1.54, 1.807) is 13.1 Å². The molecule has 6 heteroatoms. The summed E-state index contributed by atoms with van der Waals surface area (Å²) in [5, 5.41) is 6.98. The van der Waals surface area contributed by atoms with Crippen molar-refractivity contribution >= 4 is 41.5 Å². The van der Waals surface area contributed by atoms with Crippen LogP contribution in [-0.4, -0.2) is 26.2 Å². The summed E-state index contributed by atoms with van der Waals surface area (Å²) in [6, 6.07) is 5.62. The summed E-state index contributed by atoms with van der Waals surface area (Å²) < 4.78 is 5.56. The quantitative estimate of drug-likeness (QED) is 0.328. The van der Waals surface area contributed by atoms with Crippen molar-refractivity contribution in [2.24, 2.45) is 4.99 Å². The number of rotatable bonds is 6. The monoisotopic (exact) mass is 409 g/mol. The van der Waals surface area contributed by atoms with E-state index < -0.39 is 0 Å². The van der Waals surface area contributed by atoms with Crippen LogP contribution in [0.5, 0.6) is 5.75 Å². The maximum atomic E-state index is 5.96. The van der Waals surface area contributed by atoms with Crippen molar-refractivity contribution in [1.82, 2.24) is 10.6 Å². The summed E-state index contributed by atoms with van der Waals surface area (Å²) in [6.07, 6.45) is 1.78. The molecule has 0 saturated carbocycles. The molecule has 0 radical (unpaired) electrons. The van der Waals surface area contributed by atoms with E-state index in [1.807, 2.05) is 25.1 Å². The topological polar surface area (TPSA) is 45.7 Å². The van der Waals surface area contributed by atoms with E-state index in [1.165, 1.54) is 0 Å². The van der Waals surface area contributed by atoms with Crippen molar-refractivity contribution in [2.45, 2.75) is 13.5 Å². The fourth-order valence-electron chi connectivity index (χ4n) is 1.53. The molecule has 0 unspecified atom stereocenters. The summed E-state index contributed by atoms with van der Waals surface area (Å²) in [5.74, 6) is 1.51. The van der Waals surface area contributed by atoms with Crippen LogP contribution < -0.4 is 15.4 Å². The molecule has 0 spiro atoms. The second kappa shape index (κ2) is 10.8. The zero-order valence-corrected chi connectivity index (χ0v) is 14.9. The van der Waals surface area contributed by atoms with Crippen LogP contribution in [0.1, 0.15) is 12.5 Å².